The van der Waals surface area contributed by atoms with Crippen molar-refractivity contribution in [1.82, 2.24) is 4.98 Å². The van der Waals surface area contributed by atoms with Crippen molar-refractivity contribution in [3.8, 4) is 6.07 Å². The van der Waals surface area contributed by atoms with Crippen LogP contribution in [0.4, 0.5) is 0 Å². The van der Waals surface area contributed by atoms with Crippen LogP contribution in [0.25, 0.3) is 0 Å². The van der Waals surface area contributed by atoms with Crippen LogP contribution in [0, 0.1) is 18.3 Å². The first-order chi connectivity index (χ1) is 9.11. The second-order valence-corrected chi connectivity index (χ2v) is 4.85. The van der Waals surface area contributed by atoms with Gasteiger partial charge in [-0.25, -0.2) is 9.78 Å². The minimum absolute atomic E-state index is 0.208. The number of aromatic carboxylic acids is 1. The highest BCUT2D eigenvalue weighted by Gasteiger charge is 2.13. The molecule has 2 aromatic rings. The molecular formula is C14H10N2O2S. The van der Waals surface area contributed by atoms with E-state index in [1.54, 1.807) is 30.3 Å². The fourth-order valence-corrected chi connectivity index (χ4v) is 2.57. The molecule has 0 fully saturated rings. The summed E-state index contributed by atoms with van der Waals surface area (Å²) in [4.78, 5) is 16.0. The normalized spacial score (nSPS) is 9.89. The van der Waals surface area contributed by atoms with Crippen molar-refractivity contribution in [2.45, 2.75) is 16.8 Å². The lowest BCUT2D eigenvalue weighted by Gasteiger charge is -2.06. The van der Waals surface area contributed by atoms with Gasteiger partial charge in [-0.2, -0.15) is 5.26 Å². The highest BCUT2D eigenvalue weighted by atomic mass is 32.2. The van der Waals surface area contributed by atoms with Gasteiger partial charge in [-0.05, 0) is 31.2 Å². The average Bonchev–Trinajstić information content (AvgIpc) is 2.39. The van der Waals surface area contributed by atoms with Crippen LogP contribution in [0.2, 0.25) is 0 Å². The number of aryl methyl sites for hydroxylation is 1. The Kier molecular flexibility index (Phi) is 3.83. The minimum Gasteiger partial charge on any atom is -0.478 e. The number of carboxylic acid groups (broad SMARTS) is 1. The van der Waals surface area contributed by atoms with Gasteiger partial charge in [0.15, 0.2) is 0 Å². The lowest BCUT2D eigenvalue weighted by Crippen LogP contribution is -1.99. The minimum atomic E-state index is -0.991. The summed E-state index contributed by atoms with van der Waals surface area (Å²) in [5.74, 6) is -0.991. The standard InChI is InChI=1S/C14H10N2O2S/c1-9-6-7-10(8-15)13(16-9)19-12-5-3-2-4-11(12)14(17)18/h2-7H,1H3,(H,17,18). The van der Waals surface area contributed by atoms with E-state index in [-0.39, 0.29) is 5.56 Å². The lowest BCUT2D eigenvalue weighted by molar-refractivity contribution is 0.0693. The number of carbonyl (C=O) groups is 1. The van der Waals surface area contributed by atoms with Gasteiger partial charge in [-0.15, -0.1) is 0 Å². The van der Waals surface area contributed by atoms with Gasteiger partial charge in [0.05, 0.1) is 11.1 Å². The Morgan fingerprint density at radius 2 is 2.05 bits per heavy atom. The lowest BCUT2D eigenvalue weighted by atomic mass is 10.2. The molecule has 0 radical (unpaired) electrons. The second-order valence-electron chi connectivity index (χ2n) is 3.82. The topological polar surface area (TPSA) is 74.0 Å². The fraction of sp³-hybridized carbons (Fsp3) is 0.0714. The molecule has 0 saturated heterocycles. The van der Waals surface area contributed by atoms with Crippen LogP contribution < -0.4 is 0 Å². The third-order valence-electron chi connectivity index (χ3n) is 2.44. The molecule has 1 N–H and O–H groups in total. The largest absolute Gasteiger partial charge is 0.478 e. The van der Waals surface area contributed by atoms with Crippen molar-refractivity contribution in [2.24, 2.45) is 0 Å². The summed E-state index contributed by atoms with van der Waals surface area (Å²) < 4.78 is 0. The first-order valence-electron chi connectivity index (χ1n) is 5.49. The fourth-order valence-electron chi connectivity index (χ4n) is 1.53. The van der Waals surface area contributed by atoms with Crippen LogP contribution in [0.1, 0.15) is 21.6 Å². The Balaban J connectivity index is 2.45. The highest BCUT2D eigenvalue weighted by molar-refractivity contribution is 7.99. The summed E-state index contributed by atoms with van der Waals surface area (Å²) in [6.07, 6.45) is 0. The van der Waals surface area contributed by atoms with Crippen LogP contribution in [-0.2, 0) is 0 Å². The van der Waals surface area contributed by atoms with E-state index in [0.29, 0.717) is 15.5 Å². The van der Waals surface area contributed by atoms with Crippen molar-refractivity contribution < 1.29 is 9.90 Å². The Hall–Kier alpha value is -2.32. The molecule has 1 aromatic carbocycles. The zero-order valence-electron chi connectivity index (χ0n) is 10.1. The van der Waals surface area contributed by atoms with Crippen LogP contribution in [0.15, 0.2) is 46.3 Å². The van der Waals surface area contributed by atoms with Crippen molar-refractivity contribution >= 4 is 17.7 Å². The Labute approximate surface area is 114 Å². The van der Waals surface area contributed by atoms with Gasteiger partial charge < -0.3 is 5.11 Å². The molecule has 0 amide bonds. The van der Waals surface area contributed by atoms with E-state index in [1.807, 2.05) is 6.92 Å². The number of pyridine rings is 1. The molecule has 5 heteroatoms. The molecule has 1 heterocycles. The predicted molar refractivity (Wildman–Crippen MR) is 71.2 cm³/mol. The van der Waals surface area contributed by atoms with E-state index < -0.39 is 5.97 Å². The molecule has 0 spiro atoms. The number of hydrogen-bond donors (Lipinski definition) is 1. The summed E-state index contributed by atoms with van der Waals surface area (Å²) in [7, 11) is 0. The summed E-state index contributed by atoms with van der Waals surface area (Å²) in [6, 6.07) is 12.2. The molecule has 4 nitrogen and oxygen atoms in total. The number of nitrogens with zero attached hydrogens (tertiary/aromatic N) is 2. The van der Waals surface area contributed by atoms with Gasteiger partial charge in [-0.1, -0.05) is 23.9 Å². The molecule has 0 bridgehead atoms. The molecule has 0 aliphatic heterocycles. The molecular weight excluding hydrogens is 260 g/mol. The number of carboxylic acids is 1. The maximum absolute atomic E-state index is 11.1. The predicted octanol–water partition coefficient (Wildman–Crippen LogP) is 3.11. The number of benzene rings is 1. The van der Waals surface area contributed by atoms with Crippen molar-refractivity contribution in [2.75, 3.05) is 0 Å². The van der Waals surface area contributed by atoms with E-state index in [0.717, 1.165) is 5.69 Å². The third kappa shape index (κ3) is 2.92. The van der Waals surface area contributed by atoms with Crippen molar-refractivity contribution in [3.63, 3.8) is 0 Å². The smallest absolute Gasteiger partial charge is 0.336 e. The molecule has 1 aromatic heterocycles. The Morgan fingerprint density at radius 3 is 2.74 bits per heavy atom. The van der Waals surface area contributed by atoms with E-state index in [9.17, 15) is 4.79 Å². The first-order valence-corrected chi connectivity index (χ1v) is 6.31. The molecule has 0 aliphatic carbocycles. The molecule has 19 heavy (non-hydrogen) atoms. The van der Waals surface area contributed by atoms with Crippen LogP contribution in [0.3, 0.4) is 0 Å². The number of aromatic nitrogens is 1. The number of rotatable bonds is 3. The molecule has 0 saturated carbocycles. The number of hydrogen-bond acceptors (Lipinski definition) is 4. The summed E-state index contributed by atoms with van der Waals surface area (Å²) >= 11 is 1.19. The summed E-state index contributed by atoms with van der Waals surface area (Å²) in [5, 5.41) is 18.7. The van der Waals surface area contributed by atoms with E-state index in [4.69, 9.17) is 10.4 Å². The second kappa shape index (κ2) is 5.55. The quantitative estimate of drug-likeness (QED) is 0.927. The van der Waals surface area contributed by atoms with Crippen LogP contribution in [0.5, 0.6) is 0 Å². The molecule has 0 unspecified atom stereocenters. The van der Waals surface area contributed by atoms with Crippen LogP contribution in [-0.4, -0.2) is 16.1 Å². The van der Waals surface area contributed by atoms with Gasteiger partial charge in [0.25, 0.3) is 0 Å². The maximum atomic E-state index is 11.1. The highest BCUT2D eigenvalue weighted by Crippen LogP contribution is 2.31. The summed E-state index contributed by atoms with van der Waals surface area (Å²) in [6.45, 7) is 1.83. The van der Waals surface area contributed by atoms with E-state index in [2.05, 4.69) is 11.1 Å². The van der Waals surface area contributed by atoms with Crippen LogP contribution >= 0.6 is 11.8 Å². The van der Waals surface area contributed by atoms with Crippen molar-refractivity contribution in [3.05, 3.63) is 53.2 Å². The summed E-state index contributed by atoms with van der Waals surface area (Å²) in [5.41, 5.74) is 1.43. The van der Waals surface area contributed by atoms with Gasteiger partial charge in [0.1, 0.15) is 11.1 Å². The average molecular weight is 270 g/mol. The van der Waals surface area contributed by atoms with Gasteiger partial charge in [0.2, 0.25) is 0 Å². The molecule has 0 atom stereocenters. The first kappa shape index (κ1) is 13.1. The van der Waals surface area contributed by atoms with Gasteiger partial charge >= 0.3 is 5.97 Å². The zero-order valence-corrected chi connectivity index (χ0v) is 10.9. The van der Waals surface area contributed by atoms with Gasteiger partial charge in [0, 0.05) is 10.6 Å². The van der Waals surface area contributed by atoms with E-state index >= 15 is 0 Å². The van der Waals surface area contributed by atoms with Gasteiger partial charge in [-0.3, -0.25) is 0 Å². The molecule has 2 rings (SSSR count). The SMILES string of the molecule is Cc1ccc(C#N)c(Sc2ccccc2C(=O)O)n1. The van der Waals surface area contributed by atoms with E-state index in [1.165, 1.54) is 17.8 Å². The third-order valence-corrected chi connectivity index (χ3v) is 3.52. The zero-order chi connectivity index (χ0) is 13.8. The molecule has 94 valence electrons. The molecule has 0 aliphatic rings. The van der Waals surface area contributed by atoms with Crippen molar-refractivity contribution in [1.29, 1.82) is 5.26 Å². The Morgan fingerprint density at radius 1 is 1.32 bits per heavy atom. The monoisotopic (exact) mass is 270 g/mol. The maximum Gasteiger partial charge on any atom is 0.336 e. The Bertz CT molecular complexity index is 677. The number of nitriles is 1.